The van der Waals surface area contributed by atoms with Crippen LogP contribution in [0, 0.1) is 0 Å². The van der Waals surface area contributed by atoms with Crippen LogP contribution in [0.25, 0.3) is 0 Å². The molecule has 0 spiro atoms. The summed E-state index contributed by atoms with van der Waals surface area (Å²) in [7, 11) is -3.29. The monoisotopic (exact) mass is 280 g/mol. The minimum atomic E-state index is -3.29. The van der Waals surface area contributed by atoms with Crippen LogP contribution in [0.4, 0.5) is 11.4 Å². The van der Waals surface area contributed by atoms with Crippen molar-refractivity contribution in [3.8, 4) is 0 Å². The Bertz CT molecular complexity index is 667. The lowest BCUT2D eigenvalue weighted by Gasteiger charge is -2.26. The van der Waals surface area contributed by atoms with Gasteiger partial charge in [-0.3, -0.25) is 9.52 Å². The second-order valence-electron chi connectivity index (χ2n) is 5.26. The van der Waals surface area contributed by atoms with E-state index in [2.05, 4.69) is 4.72 Å². The Labute approximate surface area is 112 Å². The lowest BCUT2D eigenvalue weighted by Crippen LogP contribution is -2.32. The molecule has 5 nitrogen and oxygen atoms in total. The van der Waals surface area contributed by atoms with E-state index in [0.717, 1.165) is 42.5 Å². The Morgan fingerprint density at radius 1 is 1.37 bits per heavy atom. The smallest absolute Gasteiger partial charge is 0.234 e. The molecular weight excluding hydrogens is 264 g/mol. The van der Waals surface area contributed by atoms with Crippen molar-refractivity contribution < 1.29 is 13.2 Å². The summed E-state index contributed by atoms with van der Waals surface area (Å²) in [6, 6.07) is 3.63. The van der Waals surface area contributed by atoms with Gasteiger partial charge in [-0.2, -0.15) is 0 Å². The fourth-order valence-corrected chi connectivity index (χ4v) is 3.51. The number of nitrogens with zero attached hydrogens (tertiary/aromatic N) is 1. The lowest BCUT2D eigenvalue weighted by molar-refractivity contribution is -0.119. The summed E-state index contributed by atoms with van der Waals surface area (Å²) in [6.45, 7) is 2.64. The van der Waals surface area contributed by atoms with E-state index in [4.69, 9.17) is 0 Å². The van der Waals surface area contributed by atoms with Crippen LogP contribution in [0.15, 0.2) is 12.1 Å². The van der Waals surface area contributed by atoms with Gasteiger partial charge in [0.2, 0.25) is 15.9 Å². The van der Waals surface area contributed by atoms with Gasteiger partial charge in [-0.1, -0.05) is 0 Å². The molecule has 3 rings (SSSR count). The molecule has 102 valence electrons. The summed E-state index contributed by atoms with van der Waals surface area (Å²) in [4.78, 5) is 14.0. The van der Waals surface area contributed by atoms with Gasteiger partial charge in [0, 0.05) is 12.2 Å². The summed E-state index contributed by atoms with van der Waals surface area (Å²) >= 11 is 0. The minimum absolute atomic E-state index is 0.118. The van der Waals surface area contributed by atoms with Crippen LogP contribution in [0.1, 0.15) is 30.4 Å². The summed E-state index contributed by atoms with van der Waals surface area (Å²) < 4.78 is 25.2. The summed E-state index contributed by atoms with van der Waals surface area (Å²) in [5.74, 6) is -0.0689. The molecule has 1 aromatic rings. The number of carbonyl (C=O) groups is 1. The number of anilines is 2. The molecule has 1 aromatic carbocycles. The Kier molecular flexibility index (Phi) is 2.60. The molecule has 19 heavy (non-hydrogen) atoms. The standard InChI is InChI=1S/C13H16N2O3S/c1-8-11-7-10(14-19(2,17)18)6-9-4-3-5-15(12(9)11)13(8)16/h6-8,14H,3-5H2,1-2H3/t8-/m1/s1. The highest BCUT2D eigenvalue weighted by atomic mass is 32.2. The maximum Gasteiger partial charge on any atom is 0.234 e. The van der Waals surface area contributed by atoms with Crippen LogP contribution in [0.2, 0.25) is 0 Å². The van der Waals surface area contributed by atoms with E-state index in [1.807, 2.05) is 17.9 Å². The van der Waals surface area contributed by atoms with Crippen molar-refractivity contribution >= 4 is 27.3 Å². The first-order chi connectivity index (χ1) is 8.87. The molecule has 0 bridgehead atoms. The molecule has 0 radical (unpaired) electrons. The number of aryl methyl sites for hydroxylation is 1. The quantitative estimate of drug-likeness (QED) is 0.891. The average molecular weight is 280 g/mol. The number of benzene rings is 1. The number of nitrogens with one attached hydrogen (secondary N) is 1. The topological polar surface area (TPSA) is 66.5 Å². The van der Waals surface area contributed by atoms with Gasteiger partial charge in [-0.05, 0) is 43.0 Å². The molecule has 0 unspecified atom stereocenters. The Morgan fingerprint density at radius 2 is 2.11 bits per heavy atom. The van der Waals surface area contributed by atoms with Gasteiger partial charge in [0.15, 0.2) is 0 Å². The molecule has 0 aliphatic carbocycles. The van der Waals surface area contributed by atoms with E-state index < -0.39 is 10.0 Å². The number of sulfonamides is 1. The third kappa shape index (κ3) is 2.00. The fraction of sp³-hybridized carbons (Fsp3) is 0.462. The summed E-state index contributed by atoms with van der Waals surface area (Å²) in [5, 5.41) is 0. The highest BCUT2D eigenvalue weighted by Gasteiger charge is 2.37. The maximum absolute atomic E-state index is 12.2. The molecular formula is C13H16N2O3S. The highest BCUT2D eigenvalue weighted by Crippen LogP contribution is 2.44. The molecule has 2 aliphatic rings. The van der Waals surface area contributed by atoms with Crippen molar-refractivity contribution in [1.29, 1.82) is 0 Å². The molecule has 0 fully saturated rings. The van der Waals surface area contributed by atoms with Gasteiger partial charge in [0.25, 0.3) is 0 Å². The van der Waals surface area contributed by atoms with Crippen molar-refractivity contribution in [2.45, 2.75) is 25.7 Å². The predicted octanol–water partition coefficient (Wildman–Crippen LogP) is 1.45. The van der Waals surface area contributed by atoms with Crippen molar-refractivity contribution in [1.82, 2.24) is 0 Å². The zero-order valence-electron chi connectivity index (χ0n) is 10.9. The van der Waals surface area contributed by atoms with Crippen LogP contribution in [-0.2, 0) is 21.2 Å². The number of hydrogen-bond acceptors (Lipinski definition) is 3. The summed E-state index contributed by atoms with van der Waals surface area (Å²) in [5.41, 5.74) is 3.56. The molecule has 0 saturated heterocycles. The van der Waals surface area contributed by atoms with E-state index in [0.29, 0.717) is 5.69 Å². The molecule has 6 heteroatoms. The number of amides is 1. The Balaban J connectivity index is 2.14. The van der Waals surface area contributed by atoms with E-state index in [1.54, 1.807) is 6.07 Å². The third-order valence-electron chi connectivity index (χ3n) is 3.72. The van der Waals surface area contributed by atoms with E-state index in [9.17, 15) is 13.2 Å². The van der Waals surface area contributed by atoms with E-state index in [-0.39, 0.29) is 11.8 Å². The van der Waals surface area contributed by atoms with Gasteiger partial charge < -0.3 is 4.90 Å². The van der Waals surface area contributed by atoms with Gasteiger partial charge in [-0.25, -0.2) is 8.42 Å². The molecule has 1 N–H and O–H groups in total. The van der Waals surface area contributed by atoms with Crippen LogP contribution in [-0.4, -0.2) is 27.1 Å². The molecule has 0 aromatic heterocycles. The van der Waals surface area contributed by atoms with Crippen LogP contribution >= 0.6 is 0 Å². The molecule has 0 saturated carbocycles. The number of carbonyl (C=O) groups excluding carboxylic acids is 1. The highest BCUT2D eigenvalue weighted by molar-refractivity contribution is 7.92. The number of hydrogen-bond donors (Lipinski definition) is 1. The van der Waals surface area contributed by atoms with Gasteiger partial charge in [-0.15, -0.1) is 0 Å². The minimum Gasteiger partial charge on any atom is -0.311 e. The average Bonchev–Trinajstić information content (AvgIpc) is 2.55. The first-order valence-corrected chi connectivity index (χ1v) is 8.22. The summed E-state index contributed by atoms with van der Waals surface area (Å²) in [6.07, 6.45) is 2.94. The lowest BCUT2D eigenvalue weighted by atomic mass is 9.96. The second-order valence-corrected chi connectivity index (χ2v) is 7.01. The van der Waals surface area contributed by atoms with Crippen molar-refractivity contribution in [2.75, 3.05) is 22.4 Å². The zero-order chi connectivity index (χ0) is 13.8. The third-order valence-corrected chi connectivity index (χ3v) is 4.33. The molecule has 2 aliphatic heterocycles. The predicted molar refractivity (Wildman–Crippen MR) is 74.0 cm³/mol. The van der Waals surface area contributed by atoms with Gasteiger partial charge >= 0.3 is 0 Å². The fourth-order valence-electron chi connectivity index (χ4n) is 2.97. The Hall–Kier alpha value is -1.56. The van der Waals surface area contributed by atoms with Crippen LogP contribution in [0.3, 0.4) is 0 Å². The van der Waals surface area contributed by atoms with Crippen molar-refractivity contribution in [3.05, 3.63) is 23.3 Å². The van der Waals surface area contributed by atoms with E-state index in [1.165, 1.54) is 0 Å². The zero-order valence-corrected chi connectivity index (χ0v) is 11.8. The molecule has 1 atom stereocenters. The van der Waals surface area contributed by atoms with Crippen LogP contribution in [0.5, 0.6) is 0 Å². The Morgan fingerprint density at radius 3 is 2.79 bits per heavy atom. The molecule has 1 amide bonds. The second kappa shape index (κ2) is 3.96. The number of rotatable bonds is 2. The van der Waals surface area contributed by atoms with E-state index >= 15 is 0 Å². The van der Waals surface area contributed by atoms with Gasteiger partial charge in [0.1, 0.15) is 0 Å². The maximum atomic E-state index is 12.2. The van der Waals surface area contributed by atoms with Crippen LogP contribution < -0.4 is 9.62 Å². The van der Waals surface area contributed by atoms with Crippen molar-refractivity contribution in [3.63, 3.8) is 0 Å². The van der Waals surface area contributed by atoms with Crippen molar-refractivity contribution in [2.24, 2.45) is 0 Å². The first-order valence-electron chi connectivity index (χ1n) is 6.33. The van der Waals surface area contributed by atoms with Gasteiger partial charge in [0.05, 0.1) is 17.9 Å². The molecule has 2 heterocycles. The largest absolute Gasteiger partial charge is 0.311 e. The first kappa shape index (κ1) is 12.5. The SMILES string of the molecule is C[C@H]1C(=O)N2CCCc3cc(NS(C)(=O)=O)cc1c32. The normalized spacial score (nSPS) is 21.5.